The standard InChI is InChI=1S/C43H39Cl2N3O8/c1-5-22-6-11-26(12-7-22)47-39(50)29-16-15-28-30(36(29)41(47)52)21-31-40(51)48(46-33-17-10-25(44)20-32(33)45)42(53)43(31,24-8-13-27(54-2)14-9-24)37(28)23-18-34(55-3)38(49)35(19-23)56-4/h6-15,17-20,29-31,36-37,46,49H,5,16,21H2,1-4H3/t29-,30+,31-,36-,37-,43+/m0/s1. The Bertz CT molecular complexity index is 2290. The van der Waals surface area contributed by atoms with Crippen molar-refractivity contribution in [2.24, 2.45) is 23.7 Å². The molecule has 0 spiro atoms. The number of nitrogens with zero attached hydrogens (tertiary/aromatic N) is 2. The lowest BCUT2D eigenvalue weighted by Crippen LogP contribution is -2.53. The number of halogens is 2. The number of nitrogens with one attached hydrogen (secondary N) is 1. The summed E-state index contributed by atoms with van der Waals surface area (Å²) in [5, 5.41) is 12.6. The predicted octanol–water partition coefficient (Wildman–Crippen LogP) is 7.48. The molecule has 4 aromatic carbocycles. The molecular formula is C43H39Cl2N3O8. The van der Waals surface area contributed by atoms with E-state index in [0.717, 1.165) is 22.6 Å². The highest BCUT2D eigenvalue weighted by Gasteiger charge is 2.70. The predicted molar refractivity (Wildman–Crippen MR) is 210 cm³/mol. The van der Waals surface area contributed by atoms with Gasteiger partial charge in [0.05, 0.1) is 60.9 Å². The SMILES string of the molecule is CCc1ccc(N2C(=O)[C@H]3[C@H](CC=C4[C@H]3C[C@H]3C(=O)N(Nc5ccc(Cl)cc5Cl)C(=O)[C@@]3(c3ccc(OC)cc3)[C@H]4c3cc(OC)c(O)c(OC)c3)C2=O)cc1. The number of benzene rings is 4. The lowest BCUT2D eigenvalue weighted by molar-refractivity contribution is -0.138. The topological polar surface area (TPSA) is 135 Å². The van der Waals surface area contributed by atoms with Crippen LogP contribution in [-0.4, -0.2) is 55.1 Å². The van der Waals surface area contributed by atoms with Crippen LogP contribution in [0.25, 0.3) is 0 Å². The first-order valence-electron chi connectivity index (χ1n) is 18.3. The zero-order valence-corrected chi connectivity index (χ0v) is 32.6. The van der Waals surface area contributed by atoms with Crippen LogP contribution in [0.3, 0.4) is 0 Å². The molecule has 0 unspecified atom stereocenters. The van der Waals surface area contributed by atoms with Gasteiger partial charge in [-0.1, -0.05) is 66.0 Å². The zero-order chi connectivity index (χ0) is 39.6. The van der Waals surface area contributed by atoms with Crippen molar-refractivity contribution >= 4 is 58.2 Å². The third-order valence-electron chi connectivity index (χ3n) is 12.0. The number of ether oxygens (including phenoxy) is 3. The first-order chi connectivity index (χ1) is 27.0. The molecule has 3 fully saturated rings. The first kappa shape index (κ1) is 37.4. The summed E-state index contributed by atoms with van der Waals surface area (Å²) < 4.78 is 16.7. The Morgan fingerprint density at radius 1 is 0.821 bits per heavy atom. The van der Waals surface area contributed by atoms with Gasteiger partial charge in [0, 0.05) is 10.9 Å². The number of amides is 4. The molecule has 1 saturated carbocycles. The molecule has 8 rings (SSSR count). The fourth-order valence-electron chi connectivity index (χ4n) is 9.43. The molecule has 11 nitrogen and oxygen atoms in total. The first-order valence-corrected chi connectivity index (χ1v) is 19.1. The lowest BCUT2D eigenvalue weighted by atomic mass is 9.49. The second-order valence-corrected chi connectivity index (χ2v) is 15.4. The fourth-order valence-corrected chi connectivity index (χ4v) is 9.88. The maximum absolute atomic E-state index is 15.6. The number of hydrazine groups is 1. The average Bonchev–Trinajstić information content (AvgIpc) is 3.59. The minimum Gasteiger partial charge on any atom is -0.502 e. The van der Waals surface area contributed by atoms with Crippen LogP contribution in [0.5, 0.6) is 23.0 Å². The number of hydrogen-bond acceptors (Lipinski definition) is 9. The molecule has 2 aliphatic carbocycles. The second-order valence-electron chi connectivity index (χ2n) is 14.5. The highest BCUT2D eigenvalue weighted by Crippen LogP contribution is 2.65. The molecule has 4 aromatic rings. The number of anilines is 2. The summed E-state index contributed by atoms with van der Waals surface area (Å²) in [6.07, 6.45) is 3.09. The third-order valence-corrected chi connectivity index (χ3v) is 12.6. The maximum atomic E-state index is 15.6. The van der Waals surface area contributed by atoms with Crippen LogP contribution in [0.1, 0.15) is 42.4 Å². The van der Waals surface area contributed by atoms with Crippen molar-refractivity contribution in [2.45, 2.75) is 37.5 Å². The number of aromatic hydroxyl groups is 1. The van der Waals surface area contributed by atoms with Crippen LogP contribution in [0.2, 0.25) is 10.0 Å². The number of fused-ring (bicyclic) bond motifs is 4. The molecule has 2 aliphatic heterocycles. The molecule has 4 amide bonds. The largest absolute Gasteiger partial charge is 0.502 e. The number of methoxy groups -OCH3 is 3. The molecule has 2 saturated heterocycles. The minimum atomic E-state index is -1.61. The number of hydrogen-bond donors (Lipinski definition) is 2. The van der Waals surface area contributed by atoms with Crippen LogP contribution in [-0.2, 0) is 31.0 Å². The molecule has 2 heterocycles. The molecule has 0 radical (unpaired) electrons. The van der Waals surface area contributed by atoms with Crippen LogP contribution in [0.4, 0.5) is 11.4 Å². The Labute approximate surface area is 333 Å². The molecule has 13 heteroatoms. The number of rotatable bonds is 9. The van der Waals surface area contributed by atoms with Gasteiger partial charge in [0.25, 0.3) is 11.8 Å². The quantitative estimate of drug-likeness (QED) is 0.131. The second kappa shape index (κ2) is 14.2. The van der Waals surface area contributed by atoms with E-state index >= 15 is 9.59 Å². The van der Waals surface area contributed by atoms with Crippen molar-refractivity contribution in [1.82, 2.24) is 5.01 Å². The van der Waals surface area contributed by atoms with Gasteiger partial charge >= 0.3 is 0 Å². The zero-order valence-electron chi connectivity index (χ0n) is 31.0. The Morgan fingerprint density at radius 2 is 1.50 bits per heavy atom. The fraction of sp³-hybridized carbons (Fsp3) is 0.302. The van der Waals surface area contributed by atoms with Gasteiger partial charge in [0.15, 0.2) is 11.5 Å². The van der Waals surface area contributed by atoms with Gasteiger partial charge in [-0.3, -0.25) is 29.5 Å². The summed E-state index contributed by atoms with van der Waals surface area (Å²) in [7, 11) is 4.35. The van der Waals surface area contributed by atoms with Crippen molar-refractivity contribution in [3.05, 3.63) is 117 Å². The Balaban J connectivity index is 1.35. The summed E-state index contributed by atoms with van der Waals surface area (Å²) in [5.74, 6) is -5.32. The van der Waals surface area contributed by atoms with Gasteiger partial charge in [-0.25, -0.2) is 0 Å². The normalized spacial score (nSPS) is 25.4. The van der Waals surface area contributed by atoms with E-state index in [1.165, 1.54) is 32.3 Å². The van der Waals surface area contributed by atoms with Crippen LogP contribution in [0, 0.1) is 23.7 Å². The van der Waals surface area contributed by atoms with Gasteiger partial charge in [-0.2, -0.15) is 5.01 Å². The molecule has 0 aromatic heterocycles. The van der Waals surface area contributed by atoms with Crippen molar-refractivity contribution in [3.63, 3.8) is 0 Å². The number of phenolic OH excluding ortho intramolecular Hbond substituents is 1. The molecule has 2 N–H and O–H groups in total. The summed E-state index contributed by atoms with van der Waals surface area (Å²) in [4.78, 5) is 60.7. The number of aryl methyl sites for hydroxylation is 1. The van der Waals surface area contributed by atoms with Gasteiger partial charge in [-0.15, -0.1) is 0 Å². The number of phenols is 1. The maximum Gasteiger partial charge on any atom is 0.260 e. The van der Waals surface area contributed by atoms with Crippen molar-refractivity contribution in [2.75, 3.05) is 31.7 Å². The molecule has 4 aliphatic rings. The monoisotopic (exact) mass is 795 g/mol. The van der Waals surface area contributed by atoms with Gasteiger partial charge < -0.3 is 19.3 Å². The van der Waals surface area contributed by atoms with E-state index in [1.807, 2.05) is 25.1 Å². The number of carbonyl (C=O) groups is 4. The Hall–Kier alpha value is -5.52. The van der Waals surface area contributed by atoms with Crippen LogP contribution < -0.4 is 24.5 Å². The number of imide groups is 2. The molecular weight excluding hydrogens is 757 g/mol. The van der Waals surface area contributed by atoms with E-state index in [-0.39, 0.29) is 52.6 Å². The Kier molecular flexibility index (Phi) is 9.49. The van der Waals surface area contributed by atoms with E-state index in [9.17, 15) is 14.7 Å². The van der Waals surface area contributed by atoms with Crippen molar-refractivity contribution in [3.8, 4) is 23.0 Å². The summed E-state index contributed by atoms with van der Waals surface area (Å²) in [6.45, 7) is 2.03. The minimum absolute atomic E-state index is 0.0839. The third kappa shape index (κ3) is 5.54. The van der Waals surface area contributed by atoms with Crippen LogP contribution in [0.15, 0.2) is 90.5 Å². The smallest absolute Gasteiger partial charge is 0.260 e. The van der Waals surface area contributed by atoms with E-state index in [1.54, 1.807) is 60.7 Å². The van der Waals surface area contributed by atoms with E-state index in [4.69, 9.17) is 37.4 Å². The van der Waals surface area contributed by atoms with Gasteiger partial charge in [0.2, 0.25) is 17.6 Å². The number of carbonyl (C=O) groups excluding carboxylic acids is 4. The molecule has 6 atom stereocenters. The summed E-state index contributed by atoms with van der Waals surface area (Å²) in [5.41, 5.74) is 4.98. The van der Waals surface area contributed by atoms with Crippen molar-refractivity contribution in [1.29, 1.82) is 0 Å². The molecule has 0 bridgehead atoms. The highest BCUT2D eigenvalue weighted by molar-refractivity contribution is 6.36. The van der Waals surface area contributed by atoms with E-state index in [2.05, 4.69) is 5.43 Å². The molecule has 288 valence electrons. The summed E-state index contributed by atoms with van der Waals surface area (Å²) in [6, 6.07) is 22.4. The highest BCUT2D eigenvalue weighted by atomic mass is 35.5. The van der Waals surface area contributed by atoms with E-state index < -0.39 is 46.8 Å². The van der Waals surface area contributed by atoms with Gasteiger partial charge in [-0.05, 0) is 96.5 Å². The summed E-state index contributed by atoms with van der Waals surface area (Å²) >= 11 is 12.8. The lowest BCUT2D eigenvalue weighted by Gasteiger charge is -2.50. The van der Waals surface area contributed by atoms with E-state index in [0.29, 0.717) is 27.6 Å². The average molecular weight is 797 g/mol. The van der Waals surface area contributed by atoms with Gasteiger partial charge in [0.1, 0.15) is 5.75 Å². The van der Waals surface area contributed by atoms with Crippen molar-refractivity contribution < 1.29 is 38.5 Å². The molecule has 56 heavy (non-hydrogen) atoms. The Morgan fingerprint density at radius 3 is 2.11 bits per heavy atom. The number of allylic oxidation sites excluding steroid dienone is 2. The van der Waals surface area contributed by atoms with Crippen LogP contribution >= 0.6 is 23.2 Å².